The van der Waals surface area contributed by atoms with Gasteiger partial charge in [0.2, 0.25) is 0 Å². The molecule has 0 heterocycles. The second-order valence-corrected chi connectivity index (χ2v) is 7.23. The fraction of sp³-hybridized carbons (Fsp3) is 0.208. The van der Waals surface area contributed by atoms with E-state index in [1.54, 1.807) is 48.5 Å². The molecule has 3 aromatic rings. The van der Waals surface area contributed by atoms with Gasteiger partial charge in [0.25, 0.3) is 5.91 Å². The summed E-state index contributed by atoms with van der Waals surface area (Å²) in [7, 11) is 0. The molecule has 29 heavy (non-hydrogen) atoms. The van der Waals surface area contributed by atoms with E-state index in [1.165, 1.54) is 5.56 Å². The topological polar surface area (TPSA) is 47.6 Å². The minimum absolute atomic E-state index is 0.0499. The first-order valence-electron chi connectivity index (χ1n) is 9.59. The van der Waals surface area contributed by atoms with Crippen LogP contribution in [0.2, 0.25) is 5.02 Å². The van der Waals surface area contributed by atoms with Gasteiger partial charge in [-0.2, -0.15) is 0 Å². The minimum atomic E-state index is -0.220. The van der Waals surface area contributed by atoms with Crippen LogP contribution in [-0.2, 0) is 4.79 Å². The summed E-state index contributed by atoms with van der Waals surface area (Å²) in [5.41, 5.74) is 1.94. The molecule has 0 unspecified atom stereocenters. The van der Waals surface area contributed by atoms with Crippen molar-refractivity contribution in [1.82, 2.24) is 0 Å². The van der Waals surface area contributed by atoms with E-state index in [0.29, 0.717) is 33.9 Å². The number of rotatable bonds is 8. The van der Waals surface area contributed by atoms with Gasteiger partial charge in [0.1, 0.15) is 17.2 Å². The van der Waals surface area contributed by atoms with Crippen LogP contribution in [0, 0.1) is 0 Å². The standard InChI is InChI=1S/C24H24ClNO3/c1-3-17(2)18-4-10-21(11-5-18)28-16-24(27)26-20-8-14-23(15-9-20)29-22-12-6-19(25)7-13-22/h4-15,17H,3,16H2,1-2H3,(H,26,27)/t17-/m1/s1. The zero-order valence-corrected chi connectivity index (χ0v) is 17.3. The van der Waals surface area contributed by atoms with Crippen molar-refractivity contribution in [2.45, 2.75) is 26.2 Å². The van der Waals surface area contributed by atoms with Crippen LogP contribution in [0.4, 0.5) is 5.69 Å². The zero-order valence-electron chi connectivity index (χ0n) is 16.5. The summed E-state index contributed by atoms with van der Waals surface area (Å²) < 4.78 is 11.3. The number of carbonyl (C=O) groups excluding carboxylic acids is 1. The van der Waals surface area contributed by atoms with E-state index < -0.39 is 0 Å². The largest absolute Gasteiger partial charge is 0.484 e. The lowest BCUT2D eigenvalue weighted by Gasteiger charge is -2.11. The van der Waals surface area contributed by atoms with Crippen molar-refractivity contribution in [3.63, 3.8) is 0 Å². The summed E-state index contributed by atoms with van der Waals surface area (Å²) in [5, 5.41) is 3.47. The predicted molar refractivity (Wildman–Crippen MR) is 117 cm³/mol. The highest BCUT2D eigenvalue weighted by Gasteiger charge is 2.06. The first-order chi connectivity index (χ1) is 14.0. The summed E-state index contributed by atoms with van der Waals surface area (Å²) in [5.74, 6) is 2.34. The molecule has 0 saturated carbocycles. The van der Waals surface area contributed by atoms with Gasteiger partial charge in [-0.25, -0.2) is 0 Å². The highest BCUT2D eigenvalue weighted by Crippen LogP contribution is 2.24. The molecule has 0 fully saturated rings. The number of hydrogen-bond acceptors (Lipinski definition) is 3. The Balaban J connectivity index is 1.48. The summed E-state index contributed by atoms with van der Waals surface area (Å²) in [6.07, 6.45) is 1.09. The molecule has 0 aliphatic heterocycles. The van der Waals surface area contributed by atoms with Gasteiger partial charge in [0.05, 0.1) is 0 Å². The molecule has 0 spiro atoms. The Morgan fingerprint density at radius 2 is 1.45 bits per heavy atom. The molecule has 0 aliphatic carbocycles. The quantitative estimate of drug-likeness (QED) is 0.452. The minimum Gasteiger partial charge on any atom is -0.484 e. The van der Waals surface area contributed by atoms with Crippen LogP contribution in [0.25, 0.3) is 0 Å². The van der Waals surface area contributed by atoms with Crippen molar-refractivity contribution >= 4 is 23.2 Å². The highest BCUT2D eigenvalue weighted by atomic mass is 35.5. The normalized spacial score (nSPS) is 11.6. The van der Waals surface area contributed by atoms with Crippen LogP contribution in [0.3, 0.4) is 0 Å². The number of benzene rings is 3. The van der Waals surface area contributed by atoms with Crippen molar-refractivity contribution in [3.05, 3.63) is 83.4 Å². The fourth-order valence-corrected chi connectivity index (χ4v) is 2.85. The van der Waals surface area contributed by atoms with Gasteiger partial charge in [-0.1, -0.05) is 37.6 Å². The number of halogens is 1. The average Bonchev–Trinajstić information content (AvgIpc) is 2.75. The first-order valence-corrected chi connectivity index (χ1v) is 9.97. The Morgan fingerprint density at radius 3 is 2.03 bits per heavy atom. The summed E-state index contributed by atoms with van der Waals surface area (Å²) in [4.78, 5) is 12.1. The van der Waals surface area contributed by atoms with Crippen molar-refractivity contribution in [1.29, 1.82) is 0 Å². The molecular formula is C24H24ClNO3. The molecule has 3 rings (SSSR count). The maximum atomic E-state index is 12.1. The van der Waals surface area contributed by atoms with Crippen molar-refractivity contribution < 1.29 is 14.3 Å². The van der Waals surface area contributed by atoms with E-state index in [0.717, 1.165) is 6.42 Å². The van der Waals surface area contributed by atoms with Gasteiger partial charge in [-0.15, -0.1) is 0 Å². The average molecular weight is 410 g/mol. The second kappa shape index (κ2) is 9.99. The third-order valence-corrected chi connectivity index (χ3v) is 4.87. The molecule has 0 aliphatic rings. The van der Waals surface area contributed by atoms with Crippen molar-refractivity contribution in [2.24, 2.45) is 0 Å². The summed E-state index contributed by atoms with van der Waals surface area (Å²) in [6.45, 7) is 4.30. The Labute approximate surface area is 176 Å². The molecule has 0 radical (unpaired) electrons. The van der Waals surface area contributed by atoms with Crippen LogP contribution in [0.5, 0.6) is 17.2 Å². The molecule has 4 nitrogen and oxygen atoms in total. The molecule has 1 atom stereocenters. The molecule has 0 saturated heterocycles. The summed E-state index contributed by atoms with van der Waals surface area (Å²) >= 11 is 5.87. The third-order valence-electron chi connectivity index (χ3n) is 4.62. The Bertz CT molecular complexity index is 922. The first kappa shape index (κ1) is 20.7. The molecule has 1 N–H and O–H groups in total. The van der Waals surface area contributed by atoms with E-state index >= 15 is 0 Å². The van der Waals surface area contributed by atoms with Crippen LogP contribution in [0.1, 0.15) is 31.7 Å². The van der Waals surface area contributed by atoms with Crippen molar-refractivity contribution in [3.8, 4) is 17.2 Å². The molecule has 150 valence electrons. The van der Waals surface area contributed by atoms with Crippen LogP contribution < -0.4 is 14.8 Å². The smallest absolute Gasteiger partial charge is 0.262 e. The Morgan fingerprint density at radius 1 is 0.897 bits per heavy atom. The predicted octanol–water partition coefficient (Wildman–Crippen LogP) is 6.66. The summed E-state index contributed by atoms with van der Waals surface area (Å²) in [6, 6.07) is 22.2. The number of hydrogen-bond donors (Lipinski definition) is 1. The molecule has 5 heteroatoms. The van der Waals surface area contributed by atoms with Crippen molar-refractivity contribution in [2.75, 3.05) is 11.9 Å². The van der Waals surface area contributed by atoms with Gasteiger partial charge in [-0.05, 0) is 78.6 Å². The van der Waals surface area contributed by atoms with Gasteiger partial charge in [0, 0.05) is 10.7 Å². The van der Waals surface area contributed by atoms with E-state index in [-0.39, 0.29) is 12.5 Å². The van der Waals surface area contributed by atoms with E-state index in [9.17, 15) is 4.79 Å². The SMILES string of the molecule is CC[C@@H](C)c1ccc(OCC(=O)Nc2ccc(Oc3ccc(Cl)cc3)cc2)cc1. The molecular weight excluding hydrogens is 386 g/mol. The lowest BCUT2D eigenvalue weighted by molar-refractivity contribution is -0.118. The number of nitrogens with one attached hydrogen (secondary N) is 1. The van der Waals surface area contributed by atoms with Gasteiger partial charge in [-0.3, -0.25) is 4.79 Å². The monoisotopic (exact) mass is 409 g/mol. The van der Waals surface area contributed by atoms with Gasteiger partial charge >= 0.3 is 0 Å². The second-order valence-electron chi connectivity index (χ2n) is 6.80. The van der Waals surface area contributed by atoms with Crippen LogP contribution in [-0.4, -0.2) is 12.5 Å². The Kier molecular flexibility index (Phi) is 7.14. The van der Waals surface area contributed by atoms with E-state index in [1.807, 2.05) is 24.3 Å². The highest BCUT2D eigenvalue weighted by molar-refractivity contribution is 6.30. The number of amides is 1. The van der Waals surface area contributed by atoms with Gasteiger partial charge in [0.15, 0.2) is 6.61 Å². The number of anilines is 1. The van der Waals surface area contributed by atoms with E-state index in [4.69, 9.17) is 21.1 Å². The zero-order chi connectivity index (χ0) is 20.6. The number of carbonyl (C=O) groups is 1. The number of ether oxygens (including phenoxy) is 2. The van der Waals surface area contributed by atoms with Gasteiger partial charge < -0.3 is 14.8 Å². The van der Waals surface area contributed by atoms with Crippen LogP contribution >= 0.6 is 11.6 Å². The third kappa shape index (κ3) is 6.26. The molecule has 3 aromatic carbocycles. The molecule has 0 bridgehead atoms. The van der Waals surface area contributed by atoms with Crippen LogP contribution in [0.15, 0.2) is 72.8 Å². The molecule has 1 amide bonds. The Hall–Kier alpha value is -2.98. The fourth-order valence-electron chi connectivity index (χ4n) is 2.72. The lowest BCUT2D eigenvalue weighted by Crippen LogP contribution is -2.20. The maximum absolute atomic E-state index is 12.1. The maximum Gasteiger partial charge on any atom is 0.262 e. The lowest BCUT2D eigenvalue weighted by atomic mass is 9.99. The molecule has 0 aromatic heterocycles. The van der Waals surface area contributed by atoms with E-state index in [2.05, 4.69) is 19.2 Å².